The smallest absolute Gasteiger partial charge is 0.291 e. The number of amides is 1. The molecule has 160 valence electrons. The lowest BCUT2D eigenvalue weighted by atomic mass is 9.93. The van der Waals surface area contributed by atoms with E-state index in [0.29, 0.717) is 41.9 Å². The van der Waals surface area contributed by atoms with Crippen LogP contribution in [-0.4, -0.2) is 20.0 Å². The summed E-state index contributed by atoms with van der Waals surface area (Å²) >= 11 is 0. The Kier molecular flexibility index (Phi) is 5.60. The first-order valence-corrected chi connectivity index (χ1v) is 11.2. The number of hydrazone groups is 1. The van der Waals surface area contributed by atoms with E-state index in [0.717, 1.165) is 0 Å². The topological polar surface area (TPSA) is 101 Å². The molecule has 3 aromatic rings. The third-order valence-electron chi connectivity index (χ3n) is 5.01. The number of sulfonamides is 1. The van der Waals surface area contributed by atoms with Crippen molar-refractivity contribution in [1.29, 1.82) is 0 Å². The van der Waals surface area contributed by atoms with Crippen molar-refractivity contribution >= 4 is 27.3 Å². The molecule has 1 aliphatic carbocycles. The highest BCUT2D eigenvalue weighted by atomic mass is 32.2. The fraction of sp³-hybridized carbons (Fsp3) is 0.182. The van der Waals surface area contributed by atoms with E-state index in [4.69, 9.17) is 4.42 Å². The largest absolute Gasteiger partial charge is 0.455 e. The fourth-order valence-electron chi connectivity index (χ4n) is 3.51. The van der Waals surface area contributed by atoms with E-state index in [-0.39, 0.29) is 16.3 Å². The van der Waals surface area contributed by atoms with Crippen molar-refractivity contribution in [3.05, 3.63) is 83.1 Å². The molecule has 1 aromatic heterocycles. The number of benzene rings is 2. The molecular weight excluding hydrogens is 421 g/mol. The summed E-state index contributed by atoms with van der Waals surface area (Å²) in [6.45, 7) is 1.70. The molecular formula is C22H20FN3O4S. The van der Waals surface area contributed by atoms with Gasteiger partial charge in [0.05, 0.1) is 16.3 Å². The van der Waals surface area contributed by atoms with E-state index in [1.165, 1.54) is 30.3 Å². The normalized spacial score (nSPS) is 14.8. The van der Waals surface area contributed by atoms with Gasteiger partial charge in [0.25, 0.3) is 15.9 Å². The van der Waals surface area contributed by atoms with Gasteiger partial charge in [-0.15, -0.1) is 0 Å². The molecule has 0 atom stereocenters. The molecule has 0 unspecified atom stereocenters. The molecule has 0 saturated heterocycles. The summed E-state index contributed by atoms with van der Waals surface area (Å²) < 4.78 is 44.6. The highest BCUT2D eigenvalue weighted by Gasteiger charge is 2.28. The Morgan fingerprint density at radius 1 is 1.06 bits per heavy atom. The second-order valence-corrected chi connectivity index (χ2v) is 8.77. The zero-order valence-corrected chi connectivity index (χ0v) is 17.5. The number of carbonyl (C=O) groups excluding carboxylic acids is 1. The molecule has 0 bridgehead atoms. The molecule has 0 aliphatic heterocycles. The van der Waals surface area contributed by atoms with Crippen LogP contribution in [0.15, 0.2) is 69.0 Å². The van der Waals surface area contributed by atoms with Crippen molar-refractivity contribution in [2.24, 2.45) is 5.10 Å². The first-order chi connectivity index (χ1) is 14.9. The summed E-state index contributed by atoms with van der Waals surface area (Å²) in [4.78, 5) is 15.1. The number of fused-ring (bicyclic) bond motifs is 1. The lowest BCUT2D eigenvalue weighted by Gasteiger charge is -2.14. The first-order valence-electron chi connectivity index (χ1n) is 9.69. The number of aryl methyl sites for hydroxylation is 1. The average Bonchev–Trinajstić information content (AvgIpc) is 3.12. The van der Waals surface area contributed by atoms with Crippen molar-refractivity contribution in [3.63, 3.8) is 0 Å². The molecule has 0 radical (unpaired) electrons. The van der Waals surface area contributed by atoms with Crippen molar-refractivity contribution in [1.82, 2.24) is 4.83 Å². The molecule has 1 aliphatic rings. The maximum Gasteiger partial charge on any atom is 0.291 e. The number of hydrogen-bond donors (Lipinski definition) is 2. The number of furan rings is 1. The first kappa shape index (κ1) is 20.8. The molecule has 1 amide bonds. The zero-order valence-electron chi connectivity index (χ0n) is 16.7. The third kappa shape index (κ3) is 4.22. The van der Waals surface area contributed by atoms with Crippen LogP contribution in [0, 0.1) is 12.7 Å². The molecule has 9 heteroatoms. The van der Waals surface area contributed by atoms with E-state index in [1.807, 2.05) is 0 Å². The van der Waals surface area contributed by atoms with Crippen molar-refractivity contribution in [3.8, 4) is 0 Å². The fourth-order valence-corrected chi connectivity index (χ4v) is 4.36. The third-order valence-corrected chi connectivity index (χ3v) is 6.23. The van der Waals surface area contributed by atoms with Crippen LogP contribution < -0.4 is 10.1 Å². The Morgan fingerprint density at radius 3 is 2.52 bits per heavy atom. The van der Waals surface area contributed by atoms with Crippen LogP contribution in [0.4, 0.5) is 10.1 Å². The van der Waals surface area contributed by atoms with Crippen LogP contribution >= 0.6 is 0 Å². The summed E-state index contributed by atoms with van der Waals surface area (Å²) in [6.07, 6.45) is 1.81. The minimum atomic E-state index is -3.82. The van der Waals surface area contributed by atoms with E-state index >= 15 is 0 Å². The second-order valence-electron chi connectivity index (χ2n) is 7.11. The van der Waals surface area contributed by atoms with Crippen molar-refractivity contribution < 1.29 is 22.0 Å². The van der Waals surface area contributed by atoms with Crippen LogP contribution in [0.3, 0.4) is 0 Å². The number of para-hydroxylation sites is 1. The number of hydrogen-bond acceptors (Lipinski definition) is 5. The highest BCUT2D eigenvalue weighted by molar-refractivity contribution is 7.89. The van der Waals surface area contributed by atoms with Crippen molar-refractivity contribution in [2.75, 3.05) is 5.32 Å². The quantitative estimate of drug-likeness (QED) is 0.585. The molecule has 0 saturated carbocycles. The number of nitrogens with one attached hydrogen (secondary N) is 2. The minimum Gasteiger partial charge on any atom is -0.455 e. The van der Waals surface area contributed by atoms with Gasteiger partial charge >= 0.3 is 0 Å². The van der Waals surface area contributed by atoms with E-state index < -0.39 is 21.7 Å². The number of carbonyl (C=O) groups is 1. The van der Waals surface area contributed by atoms with Gasteiger partial charge in [-0.1, -0.05) is 30.3 Å². The van der Waals surface area contributed by atoms with Crippen LogP contribution in [0.5, 0.6) is 0 Å². The minimum absolute atomic E-state index is 0.0470. The predicted octanol–water partition coefficient (Wildman–Crippen LogP) is 4.00. The zero-order chi connectivity index (χ0) is 22.0. The average molecular weight is 441 g/mol. The Hall–Kier alpha value is -3.46. The van der Waals surface area contributed by atoms with Crippen LogP contribution in [0.25, 0.3) is 0 Å². The number of anilines is 1. The molecule has 0 spiro atoms. The lowest BCUT2D eigenvalue weighted by Crippen LogP contribution is -2.22. The van der Waals surface area contributed by atoms with Gasteiger partial charge in [-0.05, 0) is 44.0 Å². The van der Waals surface area contributed by atoms with Crippen molar-refractivity contribution in [2.45, 2.75) is 31.1 Å². The van der Waals surface area contributed by atoms with Gasteiger partial charge < -0.3 is 9.73 Å². The van der Waals surface area contributed by atoms with Gasteiger partial charge in [-0.2, -0.15) is 18.4 Å². The van der Waals surface area contributed by atoms with Crippen LogP contribution in [0.1, 0.15) is 40.3 Å². The lowest BCUT2D eigenvalue weighted by molar-refractivity contribution is 0.0993. The van der Waals surface area contributed by atoms with E-state index in [2.05, 4.69) is 15.2 Å². The van der Waals surface area contributed by atoms with Crippen LogP contribution in [0.2, 0.25) is 0 Å². The van der Waals surface area contributed by atoms with Gasteiger partial charge in [0.15, 0.2) is 5.76 Å². The standard InChI is InChI=1S/C22H20FN3O4S/c1-14-20-18(25-26-31(28,29)15-8-3-2-4-9-15)12-7-13-19(20)30-21(14)22(27)24-17-11-6-5-10-16(17)23/h2-6,8-11,26H,7,12-13H2,1H3,(H,24,27)/b25-18+. The second kappa shape index (κ2) is 8.35. The Balaban J connectivity index is 1.62. The molecule has 7 nitrogen and oxygen atoms in total. The van der Waals surface area contributed by atoms with E-state index in [1.54, 1.807) is 31.2 Å². The van der Waals surface area contributed by atoms with Gasteiger partial charge in [0, 0.05) is 17.5 Å². The van der Waals surface area contributed by atoms with Gasteiger partial charge in [-0.3, -0.25) is 4.79 Å². The van der Waals surface area contributed by atoms with Gasteiger partial charge in [-0.25, -0.2) is 4.39 Å². The van der Waals surface area contributed by atoms with E-state index in [9.17, 15) is 17.6 Å². The summed E-state index contributed by atoms with van der Waals surface area (Å²) in [5.41, 5.74) is 1.68. The maximum atomic E-state index is 13.9. The SMILES string of the molecule is Cc1c(C(=O)Nc2ccccc2F)oc2c1/C(=N/NS(=O)(=O)c1ccccc1)CCC2. The number of rotatable bonds is 5. The van der Waals surface area contributed by atoms with Crippen LogP contribution in [-0.2, 0) is 16.4 Å². The highest BCUT2D eigenvalue weighted by Crippen LogP contribution is 2.30. The maximum absolute atomic E-state index is 13.9. The number of halogens is 1. The summed E-state index contributed by atoms with van der Waals surface area (Å²) in [5, 5.41) is 6.64. The van der Waals surface area contributed by atoms with Gasteiger partial charge in [0.1, 0.15) is 11.6 Å². The summed E-state index contributed by atoms with van der Waals surface area (Å²) in [5.74, 6) is -0.530. The Labute approximate surface area is 179 Å². The summed E-state index contributed by atoms with van der Waals surface area (Å²) in [6, 6.07) is 13.8. The molecule has 2 aromatic carbocycles. The predicted molar refractivity (Wildman–Crippen MR) is 114 cm³/mol. The summed E-state index contributed by atoms with van der Waals surface area (Å²) in [7, 11) is -3.82. The molecule has 1 heterocycles. The van der Waals surface area contributed by atoms with Gasteiger partial charge in [0.2, 0.25) is 0 Å². The molecule has 0 fully saturated rings. The molecule has 31 heavy (non-hydrogen) atoms. The molecule has 2 N–H and O–H groups in total. The Morgan fingerprint density at radius 2 is 1.77 bits per heavy atom. The molecule has 4 rings (SSSR count). The monoisotopic (exact) mass is 441 g/mol. The Bertz CT molecular complexity index is 1270. The number of nitrogens with zero attached hydrogens (tertiary/aromatic N) is 1.